The first kappa shape index (κ1) is 23.6. The Balaban J connectivity index is 1.57. The van der Waals surface area contributed by atoms with Crippen molar-refractivity contribution in [2.45, 2.75) is 20.3 Å². The van der Waals surface area contributed by atoms with E-state index in [0.29, 0.717) is 23.5 Å². The van der Waals surface area contributed by atoms with Gasteiger partial charge in [-0.3, -0.25) is 4.79 Å². The molecule has 0 aliphatic carbocycles. The van der Waals surface area contributed by atoms with Crippen molar-refractivity contribution in [3.8, 4) is 11.5 Å². The predicted octanol–water partition coefficient (Wildman–Crippen LogP) is 5.25. The lowest BCUT2D eigenvalue weighted by molar-refractivity contribution is 0.0471. The van der Waals surface area contributed by atoms with E-state index in [9.17, 15) is 14.4 Å². The number of nitrogens with zero attached hydrogens (tertiary/aromatic N) is 2. The Kier molecular flexibility index (Phi) is 7.10. The van der Waals surface area contributed by atoms with Gasteiger partial charge in [-0.1, -0.05) is 25.1 Å². The first-order valence-electron chi connectivity index (χ1n) is 11.0. The van der Waals surface area contributed by atoms with Crippen molar-refractivity contribution >= 4 is 34.9 Å². The Labute approximate surface area is 200 Å². The van der Waals surface area contributed by atoms with Crippen LogP contribution in [0.25, 0.3) is 11.1 Å². The molecule has 10 heteroatoms. The van der Waals surface area contributed by atoms with E-state index in [1.54, 1.807) is 31.2 Å². The number of anilines is 1. The van der Waals surface area contributed by atoms with Gasteiger partial charge in [-0.25, -0.2) is 9.59 Å². The average Bonchev–Trinajstić information content (AvgIpc) is 3.44. The zero-order valence-electron chi connectivity index (χ0n) is 19.1. The van der Waals surface area contributed by atoms with Gasteiger partial charge in [-0.15, -0.1) is 5.10 Å². The monoisotopic (exact) mass is 477 g/mol. The van der Waals surface area contributed by atoms with Gasteiger partial charge < -0.3 is 23.9 Å². The lowest BCUT2D eigenvalue weighted by Crippen LogP contribution is -2.17. The number of amides is 1. The first-order valence-corrected chi connectivity index (χ1v) is 11.0. The molecule has 0 atom stereocenters. The Morgan fingerprint density at radius 3 is 2.37 bits per heavy atom. The van der Waals surface area contributed by atoms with Crippen molar-refractivity contribution in [1.29, 1.82) is 0 Å². The maximum Gasteiger partial charge on any atom is 0.435 e. The van der Waals surface area contributed by atoms with Gasteiger partial charge in [-0.2, -0.15) is 4.68 Å². The lowest BCUT2D eigenvalue weighted by Gasteiger charge is -2.07. The third-order valence-electron chi connectivity index (χ3n) is 4.76. The number of furan rings is 1. The van der Waals surface area contributed by atoms with Crippen molar-refractivity contribution in [3.05, 3.63) is 72.0 Å². The minimum absolute atomic E-state index is 0.0406. The van der Waals surface area contributed by atoms with Gasteiger partial charge in [0.15, 0.2) is 11.4 Å². The third-order valence-corrected chi connectivity index (χ3v) is 4.76. The summed E-state index contributed by atoms with van der Waals surface area (Å²) in [5, 5.41) is 6.73. The minimum Gasteiger partial charge on any atom is -0.460 e. The fraction of sp³-hybridized carbons (Fsp3) is 0.200. The van der Waals surface area contributed by atoms with Crippen molar-refractivity contribution in [2.75, 3.05) is 18.5 Å². The van der Waals surface area contributed by atoms with Crippen molar-refractivity contribution < 1.29 is 33.0 Å². The van der Waals surface area contributed by atoms with Crippen LogP contribution in [0.2, 0.25) is 0 Å². The Morgan fingerprint density at radius 1 is 0.971 bits per heavy atom. The molecule has 0 aliphatic rings. The van der Waals surface area contributed by atoms with Gasteiger partial charge in [0, 0.05) is 11.6 Å². The normalized spacial score (nSPS) is 10.7. The number of para-hydroxylation sites is 1. The van der Waals surface area contributed by atoms with Gasteiger partial charge in [0.2, 0.25) is 5.76 Å². The molecule has 180 valence electrons. The lowest BCUT2D eigenvalue weighted by atomic mass is 10.2. The van der Waals surface area contributed by atoms with Gasteiger partial charge >= 0.3 is 12.1 Å². The fourth-order valence-electron chi connectivity index (χ4n) is 3.16. The molecule has 0 aliphatic heterocycles. The average molecular weight is 477 g/mol. The molecule has 2 aromatic carbocycles. The highest BCUT2D eigenvalue weighted by Gasteiger charge is 2.25. The molecule has 0 radical (unpaired) electrons. The summed E-state index contributed by atoms with van der Waals surface area (Å²) in [5.74, 6) is -0.132. The van der Waals surface area contributed by atoms with Crippen LogP contribution in [0.15, 0.2) is 65.1 Å². The number of ether oxygens (including phenoxy) is 3. The summed E-state index contributed by atoms with van der Waals surface area (Å²) >= 11 is 0. The van der Waals surface area contributed by atoms with Crippen LogP contribution in [0.5, 0.6) is 11.5 Å². The summed E-state index contributed by atoms with van der Waals surface area (Å²) in [5.41, 5.74) is 0.520. The van der Waals surface area contributed by atoms with Gasteiger partial charge in [-0.05, 0) is 49.7 Å². The largest absolute Gasteiger partial charge is 0.460 e. The standard InChI is InChI=1S/C25H23N3O7/c1-3-14-33-24(30)20-15-19-21(35-20)22(27-28(19)25(31)32-4-2)26-23(29)16-10-12-18(13-11-16)34-17-8-6-5-7-9-17/h5-13,15H,3-4,14H2,1-2H3,(H,26,27,29). The van der Waals surface area contributed by atoms with Crippen molar-refractivity contribution in [2.24, 2.45) is 0 Å². The summed E-state index contributed by atoms with van der Waals surface area (Å²) in [7, 11) is 0. The molecule has 0 saturated carbocycles. The van der Waals surface area contributed by atoms with E-state index in [1.165, 1.54) is 6.07 Å². The smallest absolute Gasteiger partial charge is 0.435 e. The van der Waals surface area contributed by atoms with E-state index in [2.05, 4.69) is 10.4 Å². The summed E-state index contributed by atoms with van der Waals surface area (Å²) in [6, 6.07) is 17.0. The Hall–Kier alpha value is -4.60. The van der Waals surface area contributed by atoms with Crippen LogP contribution in [0, 0.1) is 0 Å². The highest BCUT2D eigenvalue weighted by atomic mass is 16.6. The Morgan fingerprint density at radius 2 is 1.69 bits per heavy atom. The number of aromatic nitrogens is 2. The number of hydrogen-bond donors (Lipinski definition) is 1. The Bertz CT molecular complexity index is 1340. The number of benzene rings is 2. The van der Waals surface area contributed by atoms with Gasteiger partial charge in [0.05, 0.1) is 13.2 Å². The van der Waals surface area contributed by atoms with Crippen molar-refractivity contribution in [1.82, 2.24) is 9.78 Å². The van der Waals surface area contributed by atoms with Crippen LogP contribution in [0.1, 0.15) is 41.2 Å². The van der Waals surface area contributed by atoms with E-state index in [1.807, 2.05) is 37.3 Å². The number of carbonyl (C=O) groups is 3. The van der Waals surface area contributed by atoms with Gasteiger partial charge in [0.1, 0.15) is 17.0 Å². The second kappa shape index (κ2) is 10.6. The fourth-order valence-corrected chi connectivity index (χ4v) is 3.16. The van der Waals surface area contributed by atoms with E-state index in [-0.39, 0.29) is 35.9 Å². The molecule has 2 heterocycles. The molecule has 0 fully saturated rings. The summed E-state index contributed by atoms with van der Waals surface area (Å²) in [6.07, 6.45) is -0.145. The summed E-state index contributed by atoms with van der Waals surface area (Å²) in [4.78, 5) is 37.5. The van der Waals surface area contributed by atoms with Gasteiger partial charge in [0.25, 0.3) is 5.91 Å². The molecular weight excluding hydrogens is 454 g/mol. The van der Waals surface area contributed by atoms with Crippen LogP contribution >= 0.6 is 0 Å². The zero-order chi connectivity index (χ0) is 24.8. The van der Waals surface area contributed by atoms with Crippen LogP contribution in [0.4, 0.5) is 10.6 Å². The topological polar surface area (TPSA) is 122 Å². The van der Waals surface area contributed by atoms with E-state index in [0.717, 1.165) is 4.68 Å². The molecule has 0 saturated heterocycles. The zero-order valence-corrected chi connectivity index (χ0v) is 19.1. The molecule has 1 N–H and O–H groups in total. The van der Waals surface area contributed by atoms with Crippen molar-refractivity contribution in [3.63, 3.8) is 0 Å². The second-order valence-electron chi connectivity index (χ2n) is 7.31. The van der Waals surface area contributed by atoms with E-state index in [4.69, 9.17) is 18.6 Å². The summed E-state index contributed by atoms with van der Waals surface area (Å²) < 4.78 is 22.4. The molecule has 0 bridgehead atoms. The molecule has 10 nitrogen and oxygen atoms in total. The molecule has 1 amide bonds. The SMILES string of the molecule is CCCOC(=O)c1cc2c(o1)c(NC(=O)c1ccc(Oc3ccccc3)cc1)nn2C(=O)OCC. The number of nitrogens with one attached hydrogen (secondary N) is 1. The van der Waals surface area contributed by atoms with Crippen LogP contribution in [-0.4, -0.2) is 41.0 Å². The maximum absolute atomic E-state index is 12.9. The number of rotatable bonds is 8. The highest BCUT2D eigenvalue weighted by Crippen LogP contribution is 2.28. The minimum atomic E-state index is -0.783. The quantitative estimate of drug-likeness (QED) is 0.342. The van der Waals surface area contributed by atoms with E-state index < -0.39 is 18.0 Å². The third kappa shape index (κ3) is 5.32. The second-order valence-corrected chi connectivity index (χ2v) is 7.31. The van der Waals surface area contributed by atoms with Crippen LogP contribution in [0.3, 0.4) is 0 Å². The molecule has 2 aromatic heterocycles. The molecular formula is C25H23N3O7. The number of fused-ring (bicyclic) bond motifs is 1. The maximum atomic E-state index is 12.9. The number of esters is 1. The molecule has 4 rings (SSSR count). The number of hydrogen-bond acceptors (Lipinski definition) is 8. The molecule has 0 spiro atoms. The van der Waals surface area contributed by atoms with Crippen LogP contribution < -0.4 is 10.1 Å². The first-order chi connectivity index (χ1) is 17.0. The van der Waals surface area contributed by atoms with E-state index >= 15 is 0 Å². The van der Waals surface area contributed by atoms with Crippen LogP contribution in [-0.2, 0) is 9.47 Å². The molecule has 4 aromatic rings. The molecule has 0 unspecified atom stereocenters. The predicted molar refractivity (Wildman–Crippen MR) is 126 cm³/mol. The summed E-state index contributed by atoms with van der Waals surface area (Å²) in [6.45, 7) is 3.84. The molecule has 35 heavy (non-hydrogen) atoms. The number of carbonyl (C=O) groups excluding carboxylic acids is 3. The highest BCUT2D eigenvalue weighted by molar-refractivity contribution is 6.08.